The predicted molar refractivity (Wildman–Crippen MR) is 81.4 cm³/mol. The molecule has 0 aliphatic heterocycles. The van der Waals surface area contributed by atoms with Crippen molar-refractivity contribution in [3.05, 3.63) is 0 Å². The molecule has 0 aliphatic rings. The Hall–Kier alpha value is -0.570. The molecule has 0 aromatic rings. The van der Waals surface area contributed by atoms with Gasteiger partial charge in [-0.05, 0) is 19.3 Å². The van der Waals surface area contributed by atoms with Crippen LogP contribution in [0.25, 0.3) is 0 Å². The lowest BCUT2D eigenvalue weighted by Crippen LogP contribution is -2.35. The van der Waals surface area contributed by atoms with Crippen LogP contribution >= 0.6 is 0 Å². The van der Waals surface area contributed by atoms with E-state index < -0.39 is 0 Å². The highest BCUT2D eigenvalue weighted by Crippen LogP contribution is 2.02. The van der Waals surface area contributed by atoms with Gasteiger partial charge in [-0.2, -0.15) is 0 Å². The fourth-order valence-electron chi connectivity index (χ4n) is 1.94. The molecule has 3 nitrogen and oxygen atoms in total. The third-order valence-electron chi connectivity index (χ3n) is 3.28. The van der Waals surface area contributed by atoms with Crippen molar-refractivity contribution in [3.63, 3.8) is 0 Å². The maximum absolute atomic E-state index is 12.0. The lowest BCUT2D eigenvalue weighted by Gasteiger charge is -2.22. The molecule has 19 heavy (non-hydrogen) atoms. The zero-order chi connectivity index (χ0) is 14.3. The van der Waals surface area contributed by atoms with E-state index in [1.807, 2.05) is 4.90 Å². The first-order valence-electron chi connectivity index (χ1n) is 8.11. The number of amides is 1. The van der Waals surface area contributed by atoms with Gasteiger partial charge in [-0.25, -0.2) is 0 Å². The molecule has 0 aromatic heterocycles. The van der Waals surface area contributed by atoms with Crippen molar-refractivity contribution >= 4 is 5.91 Å². The fraction of sp³-hybridized carbons (Fsp3) is 0.938. The molecule has 0 unspecified atom stereocenters. The average Bonchev–Trinajstić information content (AvgIpc) is 2.42. The van der Waals surface area contributed by atoms with Gasteiger partial charge in [0.05, 0.1) is 0 Å². The minimum absolute atomic E-state index is 0.164. The molecular weight excluding hydrogens is 238 g/mol. The van der Waals surface area contributed by atoms with Crippen molar-refractivity contribution in [2.24, 2.45) is 0 Å². The van der Waals surface area contributed by atoms with Crippen LogP contribution in [0.2, 0.25) is 0 Å². The molecule has 0 saturated heterocycles. The number of ether oxygens (including phenoxy) is 1. The van der Waals surface area contributed by atoms with E-state index in [4.69, 9.17) is 4.74 Å². The van der Waals surface area contributed by atoms with Crippen LogP contribution in [0, 0.1) is 0 Å². The van der Waals surface area contributed by atoms with Crippen LogP contribution in [0.4, 0.5) is 0 Å². The summed E-state index contributed by atoms with van der Waals surface area (Å²) in [5.41, 5.74) is 0. The van der Waals surface area contributed by atoms with Gasteiger partial charge >= 0.3 is 0 Å². The Labute approximate surface area is 119 Å². The molecule has 0 bridgehead atoms. The Morgan fingerprint density at radius 3 is 1.95 bits per heavy atom. The molecule has 0 aromatic carbocycles. The molecule has 114 valence electrons. The second-order valence-corrected chi connectivity index (χ2v) is 5.20. The number of carbonyl (C=O) groups excluding carboxylic acids is 1. The van der Waals surface area contributed by atoms with Gasteiger partial charge < -0.3 is 9.64 Å². The first-order chi connectivity index (χ1) is 9.26. The van der Waals surface area contributed by atoms with Crippen molar-refractivity contribution in [2.75, 3.05) is 26.3 Å². The van der Waals surface area contributed by atoms with Gasteiger partial charge in [0, 0.05) is 19.7 Å². The van der Waals surface area contributed by atoms with Gasteiger partial charge in [0.2, 0.25) is 5.91 Å². The van der Waals surface area contributed by atoms with Gasteiger partial charge in [0.1, 0.15) is 6.61 Å². The van der Waals surface area contributed by atoms with Gasteiger partial charge in [-0.15, -0.1) is 0 Å². The van der Waals surface area contributed by atoms with Crippen LogP contribution in [-0.4, -0.2) is 37.1 Å². The smallest absolute Gasteiger partial charge is 0.248 e. The summed E-state index contributed by atoms with van der Waals surface area (Å²) in [6.07, 6.45) is 9.22. The van der Waals surface area contributed by atoms with Crippen LogP contribution in [0.1, 0.15) is 72.1 Å². The first-order valence-corrected chi connectivity index (χ1v) is 8.11. The Kier molecular flexibility index (Phi) is 13.4. The van der Waals surface area contributed by atoms with Crippen LogP contribution in [0.15, 0.2) is 0 Å². The van der Waals surface area contributed by atoms with E-state index in [9.17, 15) is 4.79 Å². The maximum Gasteiger partial charge on any atom is 0.248 e. The zero-order valence-electron chi connectivity index (χ0n) is 13.2. The van der Waals surface area contributed by atoms with E-state index in [1.54, 1.807) is 0 Å². The summed E-state index contributed by atoms with van der Waals surface area (Å²) in [5, 5.41) is 0. The average molecular weight is 271 g/mol. The van der Waals surface area contributed by atoms with Gasteiger partial charge in [0.15, 0.2) is 0 Å². The summed E-state index contributed by atoms with van der Waals surface area (Å²) in [6.45, 7) is 9.27. The Morgan fingerprint density at radius 1 is 0.842 bits per heavy atom. The molecule has 0 radical (unpaired) electrons. The lowest BCUT2D eigenvalue weighted by atomic mass is 10.2. The Balaban J connectivity index is 3.76. The summed E-state index contributed by atoms with van der Waals surface area (Å²) in [4.78, 5) is 14.0. The summed E-state index contributed by atoms with van der Waals surface area (Å²) in [5.74, 6) is 0.164. The predicted octanol–water partition coefficient (Wildman–Crippen LogP) is 4.01. The molecule has 0 aliphatic carbocycles. The molecule has 0 spiro atoms. The van der Waals surface area contributed by atoms with Crippen LogP contribution in [-0.2, 0) is 9.53 Å². The van der Waals surface area contributed by atoms with Gasteiger partial charge in [0.25, 0.3) is 0 Å². The molecule has 3 heteroatoms. The topological polar surface area (TPSA) is 29.5 Å². The minimum atomic E-state index is 0.164. The standard InChI is InChI=1S/C16H33NO2/c1-4-7-10-11-14-19-15-16(18)17(12-8-5-2)13-9-6-3/h4-15H2,1-3H3. The summed E-state index contributed by atoms with van der Waals surface area (Å²) in [7, 11) is 0. The third-order valence-corrected chi connectivity index (χ3v) is 3.28. The Bertz CT molecular complexity index is 199. The van der Waals surface area contributed by atoms with E-state index in [2.05, 4.69) is 20.8 Å². The van der Waals surface area contributed by atoms with E-state index in [0.717, 1.165) is 51.8 Å². The van der Waals surface area contributed by atoms with Crippen molar-refractivity contribution in [3.8, 4) is 0 Å². The summed E-state index contributed by atoms with van der Waals surface area (Å²) in [6, 6.07) is 0. The molecule has 1 amide bonds. The molecule has 0 N–H and O–H groups in total. The number of rotatable bonds is 13. The highest BCUT2D eigenvalue weighted by Gasteiger charge is 2.12. The van der Waals surface area contributed by atoms with E-state index in [-0.39, 0.29) is 12.5 Å². The van der Waals surface area contributed by atoms with Crippen molar-refractivity contribution < 1.29 is 9.53 Å². The monoisotopic (exact) mass is 271 g/mol. The molecule has 0 rings (SSSR count). The number of hydrogen-bond acceptors (Lipinski definition) is 2. The lowest BCUT2D eigenvalue weighted by molar-refractivity contribution is -0.136. The first kappa shape index (κ1) is 18.4. The molecular formula is C16H33NO2. The highest BCUT2D eigenvalue weighted by atomic mass is 16.5. The Morgan fingerprint density at radius 2 is 1.42 bits per heavy atom. The number of nitrogens with zero attached hydrogens (tertiary/aromatic N) is 1. The molecule has 0 atom stereocenters. The quantitative estimate of drug-likeness (QED) is 0.474. The van der Waals surface area contributed by atoms with E-state index in [1.165, 1.54) is 19.3 Å². The summed E-state index contributed by atoms with van der Waals surface area (Å²) >= 11 is 0. The third kappa shape index (κ3) is 11.0. The van der Waals surface area contributed by atoms with Crippen LogP contribution in [0.5, 0.6) is 0 Å². The van der Waals surface area contributed by atoms with E-state index >= 15 is 0 Å². The maximum atomic E-state index is 12.0. The van der Waals surface area contributed by atoms with E-state index in [0.29, 0.717) is 0 Å². The van der Waals surface area contributed by atoms with Crippen molar-refractivity contribution in [1.82, 2.24) is 4.90 Å². The fourth-order valence-corrected chi connectivity index (χ4v) is 1.94. The van der Waals surface area contributed by atoms with Crippen molar-refractivity contribution in [1.29, 1.82) is 0 Å². The molecule has 0 fully saturated rings. The molecule has 0 saturated carbocycles. The number of hydrogen-bond donors (Lipinski definition) is 0. The summed E-state index contributed by atoms with van der Waals surface area (Å²) < 4.78 is 5.49. The highest BCUT2D eigenvalue weighted by molar-refractivity contribution is 5.77. The largest absolute Gasteiger partial charge is 0.372 e. The van der Waals surface area contributed by atoms with Gasteiger partial charge in [-0.1, -0.05) is 52.9 Å². The van der Waals surface area contributed by atoms with Crippen molar-refractivity contribution in [2.45, 2.75) is 72.1 Å². The number of carbonyl (C=O) groups is 1. The normalized spacial score (nSPS) is 10.7. The minimum Gasteiger partial charge on any atom is -0.372 e. The zero-order valence-corrected chi connectivity index (χ0v) is 13.2. The number of unbranched alkanes of at least 4 members (excludes halogenated alkanes) is 5. The van der Waals surface area contributed by atoms with Crippen LogP contribution in [0.3, 0.4) is 0 Å². The van der Waals surface area contributed by atoms with Gasteiger partial charge in [-0.3, -0.25) is 4.79 Å². The van der Waals surface area contributed by atoms with Crippen LogP contribution < -0.4 is 0 Å². The molecule has 0 heterocycles. The SMILES string of the molecule is CCCCCCOCC(=O)N(CCCC)CCCC. The second kappa shape index (κ2) is 13.9. The second-order valence-electron chi connectivity index (χ2n) is 5.20.